The SMILES string of the molecule is CCC(=O)N1CCC(CN2CCC[C@H]2C(=O)N(C)C)CC1. The minimum Gasteiger partial charge on any atom is -0.347 e. The Morgan fingerprint density at radius 1 is 1.10 bits per heavy atom. The van der Waals surface area contributed by atoms with Gasteiger partial charge in [-0.1, -0.05) is 6.92 Å². The Bertz CT molecular complexity index is 376. The molecule has 0 N–H and O–H groups in total. The van der Waals surface area contributed by atoms with Crippen molar-refractivity contribution in [3.05, 3.63) is 0 Å². The Labute approximate surface area is 128 Å². The number of piperidine rings is 1. The van der Waals surface area contributed by atoms with Crippen LogP contribution in [0.25, 0.3) is 0 Å². The van der Waals surface area contributed by atoms with Crippen LogP contribution in [0.1, 0.15) is 39.0 Å². The molecule has 0 radical (unpaired) electrons. The van der Waals surface area contributed by atoms with E-state index in [0.29, 0.717) is 12.3 Å². The molecular formula is C16H29N3O2. The molecule has 0 aliphatic carbocycles. The first kappa shape index (κ1) is 16.3. The number of carbonyl (C=O) groups excluding carboxylic acids is 2. The zero-order chi connectivity index (χ0) is 15.4. The van der Waals surface area contributed by atoms with E-state index in [-0.39, 0.29) is 17.9 Å². The van der Waals surface area contributed by atoms with E-state index >= 15 is 0 Å². The molecule has 0 bridgehead atoms. The molecule has 120 valence electrons. The van der Waals surface area contributed by atoms with E-state index in [9.17, 15) is 9.59 Å². The number of likely N-dealkylation sites (N-methyl/N-ethyl adjacent to an activating group) is 1. The standard InChI is InChI=1S/C16H29N3O2/c1-4-15(20)18-10-7-13(8-11-18)12-19-9-5-6-14(19)16(21)17(2)3/h13-14H,4-12H2,1-3H3/t14-/m0/s1. The van der Waals surface area contributed by atoms with Crippen molar-refractivity contribution in [1.29, 1.82) is 0 Å². The molecule has 1 atom stereocenters. The van der Waals surface area contributed by atoms with E-state index < -0.39 is 0 Å². The first-order chi connectivity index (χ1) is 10.0. The van der Waals surface area contributed by atoms with Gasteiger partial charge in [0.25, 0.3) is 0 Å². The monoisotopic (exact) mass is 295 g/mol. The fraction of sp³-hybridized carbons (Fsp3) is 0.875. The van der Waals surface area contributed by atoms with Crippen LogP contribution >= 0.6 is 0 Å². The first-order valence-corrected chi connectivity index (χ1v) is 8.26. The third-order valence-electron chi connectivity index (χ3n) is 4.85. The fourth-order valence-electron chi connectivity index (χ4n) is 3.54. The Morgan fingerprint density at radius 3 is 2.33 bits per heavy atom. The fourth-order valence-corrected chi connectivity index (χ4v) is 3.54. The van der Waals surface area contributed by atoms with Crippen LogP contribution in [0.15, 0.2) is 0 Å². The van der Waals surface area contributed by atoms with Gasteiger partial charge in [0.2, 0.25) is 11.8 Å². The Hall–Kier alpha value is -1.10. The average molecular weight is 295 g/mol. The lowest BCUT2D eigenvalue weighted by atomic mass is 9.95. The third kappa shape index (κ3) is 3.96. The molecule has 0 aromatic heterocycles. The van der Waals surface area contributed by atoms with Crippen LogP contribution in [-0.4, -0.2) is 72.8 Å². The molecule has 2 heterocycles. The zero-order valence-corrected chi connectivity index (χ0v) is 13.7. The summed E-state index contributed by atoms with van der Waals surface area (Å²) < 4.78 is 0. The Kier molecular flexibility index (Phi) is 5.62. The summed E-state index contributed by atoms with van der Waals surface area (Å²) in [5, 5.41) is 0. The lowest BCUT2D eigenvalue weighted by molar-refractivity contribution is -0.133. The predicted octanol–water partition coefficient (Wildman–Crippen LogP) is 1.19. The molecule has 5 nitrogen and oxygen atoms in total. The number of hydrogen-bond donors (Lipinski definition) is 0. The minimum atomic E-state index is 0.0790. The second kappa shape index (κ2) is 7.25. The number of amides is 2. The van der Waals surface area contributed by atoms with Gasteiger partial charge in [-0.3, -0.25) is 14.5 Å². The van der Waals surface area contributed by atoms with Crippen molar-refractivity contribution in [2.24, 2.45) is 5.92 Å². The van der Waals surface area contributed by atoms with Gasteiger partial charge >= 0.3 is 0 Å². The first-order valence-electron chi connectivity index (χ1n) is 8.26. The van der Waals surface area contributed by atoms with Crippen LogP contribution < -0.4 is 0 Å². The predicted molar refractivity (Wildman–Crippen MR) is 82.9 cm³/mol. The topological polar surface area (TPSA) is 43.9 Å². The van der Waals surface area contributed by atoms with Gasteiger partial charge in [0.15, 0.2) is 0 Å². The van der Waals surface area contributed by atoms with Crippen molar-refractivity contribution >= 4 is 11.8 Å². The molecule has 5 heteroatoms. The van der Waals surface area contributed by atoms with Crippen LogP contribution in [0.4, 0.5) is 0 Å². The van der Waals surface area contributed by atoms with Crippen LogP contribution in [-0.2, 0) is 9.59 Å². The second-order valence-corrected chi connectivity index (χ2v) is 6.56. The summed E-state index contributed by atoms with van der Waals surface area (Å²) in [7, 11) is 3.68. The maximum Gasteiger partial charge on any atom is 0.239 e. The van der Waals surface area contributed by atoms with Crippen molar-refractivity contribution in [2.75, 3.05) is 40.3 Å². The molecule has 0 aromatic carbocycles. The van der Waals surface area contributed by atoms with Gasteiger partial charge in [-0.2, -0.15) is 0 Å². The maximum absolute atomic E-state index is 12.2. The molecule has 2 amide bonds. The van der Waals surface area contributed by atoms with Gasteiger partial charge in [0.1, 0.15) is 0 Å². The van der Waals surface area contributed by atoms with E-state index in [0.717, 1.165) is 51.9 Å². The van der Waals surface area contributed by atoms with Crippen molar-refractivity contribution in [1.82, 2.24) is 14.7 Å². The molecule has 2 saturated heterocycles. The summed E-state index contributed by atoms with van der Waals surface area (Å²) >= 11 is 0. The van der Waals surface area contributed by atoms with Crippen LogP contribution in [0.2, 0.25) is 0 Å². The molecule has 0 aromatic rings. The zero-order valence-electron chi connectivity index (χ0n) is 13.7. The molecule has 21 heavy (non-hydrogen) atoms. The van der Waals surface area contributed by atoms with E-state index in [1.807, 2.05) is 25.9 Å². The van der Waals surface area contributed by atoms with E-state index in [1.54, 1.807) is 4.90 Å². The summed E-state index contributed by atoms with van der Waals surface area (Å²) in [6.45, 7) is 5.75. The molecule has 0 spiro atoms. The molecule has 0 unspecified atom stereocenters. The lowest BCUT2D eigenvalue weighted by Gasteiger charge is -2.35. The van der Waals surface area contributed by atoms with E-state index in [4.69, 9.17) is 0 Å². The van der Waals surface area contributed by atoms with Gasteiger partial charge in [0, 0.05) is 40.2 Å². The highest BCUT2D eigenvalue weighted by Gasteiger charge is 2.33. The molecule has 0 saturated carbocycles. The van der Waals surface area contributed by atoms with Crippen molar-refractivity contribution in [3.8, 4) is 0 Å². The van der Waals surface area contributed by atoms with Gasteiger partial charge < -0.3 is 9.80 Å². The highest BCUT2D eigenvalue weighted by atomic mass is 16.2. The van der Waals surface area contributed by atoms with Crippen LogP contribution in [0.3, 0.4) is 0 Å². The molecular weight excluding hydrogens is 266 g/mol. The van der Waals surface area contributed by atoms with Gasteiger partial charge in [-0.05, 0) is 38.1 Å². The van der Waals surface area contributed by atoms with Crippen molar-refractivity contribution < 1.29 is 9.59 Å². The highest BCUT2D eigenvalue weighted by Crippen LogP contribution is 2.25. The summed E-state index contributed by atoms with van der Waals surface area (Å²) in [6, 6.07) is 0.0790. The molecule has 2 fully saturated rings. The maximum atomic E-state index is 12.2. The average Bonchev–Trinajstić information content (AvgIpc) is 2.94. The Morgan fingerprint density at radius 2 is 1.76 bits per heavy atom. The Balaban J connectivity index is 1.82. The van der Waals surface area contributed by atoms with Crippen molar-refractivity contribution in [2.45, 2.75) is 45.1 Å². The van der Waals surface area contributed by atoms with E-state index in [2.05, 4.69) is 4.90 Å². The summed E-state index contributed by atoms with van der Waals surface area (Å²) in [6.07, 6.45) is 4.87. The smallest absolute Gasteiger partial charge is 0.239 e. The van der Waals surface area contributed by atoms with Crippen molar-refractivity contribution in [3.63, 3.8) is 0 Å². The summed E-state index contributed by atoms with van der Waals surface area (Å²) in [5.74, 6) is 1.14. The van der Waals surface area contributed by atoms with Crippen LogP contribution in [0.5, 0.6) is 0 Å². The number of hydrogen-bond acceptors (Lipinski definition) is 3. The minimum absolute atomic E-state index is 0.0790. The molecule has 2 rings (SSSR count). The number of carbonyl (C=O) groups is 2. The van der Waals surface area contributed by atoms with E-state index in [1.165, 1.54) is 0 Å². The number of nitrogens with zero attached hydrogens (tertiary/aromatic N) is 3. The van der Waals surface area contributed by atoms with Gasteiger partial charge in [-0.25, -0.2) is 0 Å². The second-order valence-electron chi connectivity index (χ2n) is 6.56. The normalized spacial score (nSPS) is 24.3. The molecule has 2 aliphatic rings. The number of likely N-dealkylation sites (tertiary alicyclic amines) is 2. The van der Waals surface area contributed by atoms with Gasteiger partial charge in [-0.15, -0.1) is 0 Å². The lowest BCUT2D eigenvalue weighted by Crippen LogP contribution is -2.46. The summed E-state index contributed by atoms with van der Waals surface area (Å²) in [4.78, 5) is 30.0. The summed E-state index contributed by atoms with van der Waals surface area (Å²) in [5.41, 5.74) is 0. The largest absolute Gasteiger partial charge is 0.347 e. The quantitative estimate of drug-likeness (QED) is 0.782. The molecule has 2 aliphatic heterocycles. The third-order valence-corrected chi connectivity index (χ3v) is 4.85. The van der Waals surface area contributed by atoms with Crippen LogP contribution in [0, 0.1) is 5.92 Å². The number of rotatable bonds is 4. The highest BCUT2D eigenvalue weighted by molar-refractivity contribution is 5.81. The van der Waals surface area contributed by atoms with Gasteiger partial charge in [0.05, 0.1) is 6.04 Å².